The smallest absolute Gasteiger partial charge is 0.0503 e. The minimum absolute atomic E-state index is 0.265. The molecule has 4 nitrogen and oxygen atoms in total. The Labute approximate surface area is 92.6 Å². The second-order valence-electron chi connectivity index (χ2n) is 4.37. The number of hydrogen-bond donors (Lipinski definition) is 2. The third-order valence-electron chi connectivity index (χ3n) is 3.14. The molecule has 1 aliphatic rings. The van der Waals surface area contributed by atoms with Crippen LogP contribution < -0.4 is 5.32 Å². The molecule has 0 spiro atoms. The molecule has 1 saturated heterocycles. The van der Waals surface area contributed by atoms with E-state index in [0.29, 0.717) is 12.0 Å². The molecule has 0 saturated carbocycles. The first kappa shape index (κ1) is 12.9. The van der Waals surface area contributed by atoms with E-state index in [9.17, 15) is 0 Å². The van der Waals surface area contributed by atoms with Gasteiger partial charge in [0.25, 0.3) is 0 Å². The highest BCUT2D eigenvalue weighted by Gasteiger charge is 2.23. The average Bonchev–Trinajstić information content (AvgIpc) is 2.66. The summed E-state index contributed by atoms with van der Waals surface area (Å²) in [6.07, 6.45) is 2.07. The third kappa shape index (κ3) is 4.47. The molecule has 90 valence electrons. The van der Waals surface area contributed by atoms with Gasteiger partial charge in [0, 0.05) is 32.8 Å². The molecule has 0 aliphatic carbocycles. The van der Waals surface area contributed by atoms with Crippen molar-refractivity contribution in [2.75, 3.05) is 47.0 Å². The lowest BCUT2D eigenvalue weighted by Gasteiger charge is -2.22. The Balaban J connectivity index is 2.21. The minimum Gasteiger partial charge on any atom is -0.396 e. The van der Waals surface area contributed by atoms with Gasteiger partial charge in [-0.1, -0.05) is 0 Å². The number of aliphatic hydroxyl groups is 1. The van der Waals surface area contributed by atoms with E-state index in [2.05, 4.69) is 10.2 Å². The summed E-state index contributed by atoms with van der Waals surface area (Å²) in [6, 6.07) is 0.413. The Morgan fingerprint density at radius 1 is 1.60 bits per heavy atom. The van der Waals surface area contributed by atoms with Gasteiger partial charge in [-0.3, -0.25) is 0 Å². The highest BCUT2D eigenvalue weighted by atomic mass is 16.5. The zero-order valence-corrected chi connectivity index (χ0v) is 9.91. The predicted octanol–water partition coefficient (Wildman–Crippen LogP) is -0.0749. The first-order valence-corrected chi connectivity index (χ1v) is 5.79. The number of hydrogen-bond acceptors (Lipinski definition) is 4. The van der Waals surface area contributed by atoms with Gasteiger partial charge in [-0.25, -0.2) is 0 Å². The number of ether oxygens (including phenoxy) is 1. The minimum atomic E-state index is 0.265. The van der Waals surface area contributed by atoms with E-state index in [4.69, 9.17) is 9.84 Å². The van der Waals surface area contributed by atoms with Crippen LogP contribution in [-0.4, -0.2) is 63.1 Å². The molecule has 1 rings (SSSR count). The summed E-state index contributed by atoms with van der Waals surface area (Å²) < 4.78 is 5.17. The monoisotopic (exact) mass is 216 g/mol. The molecule has 1 heterocycles. The Morgan fingerprint density at radius 2 is 2.40 bits per heavy atom. The second kappa shape index (κ2) is 7.17. The molecule has 0 aromatic heterocycles. The average molecular weight is 216 g/mol. The second-order valence-corrected chi connectivity index (χ2v) is 4.37. The predicted molar refractivity (Wildman–Crippen MR) is 61.0 cm³/mol. The van der Waals surface area contributed by atoms with Crippen LogP contribution in [0.15, 0.2) is 0 Å². The van der Waals surface area contributed by atoms with Crippen LogP contribution in [-0.2, 0) is 4.74 Å². The van der Waals surface area contributed by atoms with Gasteiger partial charge >= 0.3 is 0 Å². The van der Waals surface area contributed by atoms with Crippen LogP contribution in [0.4, 0.5) is 0 Å². The summed E-state index contributed by atoms with van der Waals surface area (Å²) in [5.41, 5.74) is 0. The van der Waals surface area contributed by atoms with E-state index in [1.54, 1.807) is 7.11 Å². The van der Waals surface area contributed by atoms with Crippen LogP contribution in [0.3, 0.4) is 0 Å². The molecule has 1 aliphatic heterocycles. The summed E-state index contributed by atoms with van der Waals surface area (Å²) in [5, 5.41) is 12.1. The molecule has 0 radical (unpaired) electrons. The van der Waals surface area contributed by atoms with Gasteiger partial charge in [0.15, 0.2) is 0 Å². The fourth-order valence-corrected chi connectivity index (χ4v) is 2.24. The Bertz CT molecular complexity index is 167. The van der Waals surface area contributed by atoms with Gasteiger partial charge in [0.05, 0.1) is 6.61 Å². The summed E-state index contributed by atoms with van der Waals surface area (Å²) in [6.45, 7) is 4.48. The molecular formula is C11H24N2O2. The van der Waals surface area contributed by atoms with Gasteiger partial charge < -0.3 is 20.1 Å². The SMILES string of the molecule is CNC(CCO)CN1CCC(COC)C1. The summed E-state index contributed by atoms with van der Waals surface area (Å²) in [7, 11) is 3.73. The molecule has 2 unspecified atom stereocenters. The van der Waals surface area contributed by atoms with Crippen molar-refractivity contribution < 1.29 is 9.84 Å². The number of methoxy groups -OCH3 is 1. The van der Waals surface area contributed by atoms with Crippen LogP contribution in [0.1, 0.15) is 12.8 Å². The fourth-order valence-electron chi connectivity index (χ4n) is 2.24. The largest absolute Gasteiger partial charge is 0.396 e. The summed E-state index contributed by atoms with van der Waals surface area (Å²) in [4.78, 5) is 2.46. The van der Waals surface area contributed by atoms with Crippen molar-refractivity contribution >= 4 is 0 Å². The number of likely N-dealkylation sites (N-methyl/N-ethyl adjacent to an activating group) is 1. The Kier molecular flexibility index (Phi) is 6.17. The van der Waals surface area contributed by atoms with Crippen molar-refractivity contribution in [3.8, 4) is 0 Å². The quantitative estimate of drug-likeness (QED) is 0.625. The molecule has 0 aromatic rings. The molecule has 0 amide bonds. The number of nitrogens with one attached hydrogen (secondary N) is 1. The standard InChI is InChI=1S/C11H24N2O2/c1-12-11(4-6-14)8-13-5-3-10(7-13)9-15-2/h10-12,14H,3-9H2,1-2H3. The van der Waals surface area contributed by atoms with Gasteiger partial charge in [0.2, 0.25) is 0 Å². The first-order valence-electron chi connectivity index (χ1n) is 5.79. The van der Waals surface area contributed by atoms with Crippen LogP contribution in [0.2, 0.25) is 0 Å². The normalized spacial score (nSPS) is 24.6. The molecular weight excluding hydrogens is 192 g/mol. The lowest BCUT2D eigenvalue weighted by atomic mass is 10.1. The van der Waals surface area contributed by atoms with Crippen LogP contribution in [0.25, 0.3) is 0 Å². The topological polar surface area (TPSA) is 44.7 Å². The molecule has 0 bridgehead atoms. The van der Waals surface area contributed by atoms with Crippen LogP contribution >= 0.6 is 0 Å². The fraction of sp³-hybridized carbons (Fsp3) is 1.00. The number of likely N-dealkylation sites (tertiary alicyclic amines) is 1. The molecule has 2 N–H and O–H groups in total. The third-order valence-corrected chi connectivity index (χ3v) is 3.14. The van der Waals surface area contributed by atoms with Crippen molar-refractivity contribution in [1.29, 1.82) is 0 Å². The van der Waals surface area contributed by atoms with Gasteiger partial charge in [-0.15, -0.1) is 0 Å². The highest BCUT2D eigenvalue weighted by Crippen LogP contribution is 2.16. The maximum absolute atomic E-state index is 8.90. The molecule has 1 fully saturated rings. The number of nitrogens with zero attached hydrogens (tertiary/aromatic N) is 1. The molecule has 4 heteroatoms. The maximum atomic E-state index is 8.90. The number of rotatable bonds is 7. The van der Waals surface area contributed by atoms with Crippen LogP contribution in [0.5, 0.6) is 0 Å². The van der Waals surface area contributed by atoms with E-state index < -0.39 is 0 Å². The van der Waals surface area contributed by atoms with E-state index in [1.165, 1.54) is 6.42 Å². The van der Waals surface area contributed by atoms with E-state index in [0.717, 1.165) is 32.7 Å². The zero-order valence-electron chi connectivity index (χ0n) is 9.91. The van der Waals surface area contributed by atoms with E-state index >= 15 is 0 Å². The number of aliphatic hydroxyl groups excluding tert-OH is 1. The zero-order chi connectivity index (χ0) is 11.1. The van der Waals surface area contributed by atoms with Crippen molar-refractivity contribution in [2.24, 2.45) is 5.92 Å². The first-order chi connectivity index (χ1) is 7.30. The molecule has 0 aromatic carbocycles. The Hall–Kier alpha value is -0.160. The van der Waals surface area contributed by atoms with Crippen molar-refractivity contribution in [1.82, 2.24) is 10.2 Å². The molecule has 15 heavy (non-hydrogen) atoms. The van der Waals surface area contributed by atoms with E-state index in [-0.39, 0.29) is 6.61 Å². The summed E-state index contributed by atoms with van der Waals surface area (Å²) in [5.74, 6) is 0.696. The van der Waals surface area contributed by atoms with Crippen molar-refractivity contribution in [3.05, 3.63) is 0 Å². The molecule has 2 atom stereocenters. The van der Waals surface area contributed by atoms with Crippen molar-refractivity contribution in [2.45, 2.75) is 18.9 Å². The highest BCUT2D eigenvalue weighted by molar-refractivity contribution is 4.79. The Morgan fingerprint density at radius 3 is 3.00 bits per heavy atom. The van der Waals surface area contributed by atoms with Gasteiger partial charge in [0.1, 0.15) is 0 Å². The lowest BCUT2D eigenvalue weighted by molar-refractivity contribution is 0.151. The lowest BCUT2D eigenvalue weighted by Crippen LogP contribution is -2.39. The van der Waals surface area contributed by atoms with Crippen molar-refractivity contribution in [3.63, 3.8) is 0 Å². The summed E-state index contributed by atoms with van der Waals surface area (Å²) >= 11 is 0. The maximum Gasteiger partial charge on any atom is 0.0503 e. The van der Waals surface area contributed by atoms with Gasteiger partial charge in [-0.2, -0.15) is 0 Å². The van der Waals surface area contributed by atoms with E-state index in [1.807, 2.05) is 7.05 Å². The van der Waals surface area contributed by atoms with Crippen LogP contribution in [0, 0.1) is 5.92 Å². The van der Waals surface area contributed by atoms with Gasteiger partial charge in [-0.05, 0) is 32.4 Å².